The van der Waals surface area contributed by atoms with Crippen molar-refractivity contribution in [1.29, 1.82) is 0 Å². The first kappa shape index (κ1) is 37.9. The van der Waals surface area contributed by atoms with E-state index < -0.39 is 53.5 Å². The second-order valence-electron chi connectivity index (χ2n) is 16.4. The van der Waals surface area contributed by atoms with Gasteiger partial charge < -0.3 is 24.6 Å². The number of carbonyl (C=O) groups is 5. The molecule has 0 spiro atoms. The molecule has 2 N–H and O–H groups in total. The van der Waals surface area contributed by atoms with Crippen LogP contribution in [0, 0.1) is 35.0 Å². The van der Waals surface area contributed by atoms with Gasteiger partial charge in [0.05, 0.1) is 17.9 Å². The summed E-state index contributed by atoms with van der Waals surface area (Å²) in [6, 6.07) is 14.2. The molecule has 1 amide bonds. The molecule has 5 aliphatic rings. The lowest BCUT2D eigenvalue weighted by molar-refractivity contribution is -0.178. The highest BCUT2D eigenvalue weighted by Crippen LogP contribution is 2.61. The van der Waals surface area contributed by atoms with Crippen molar-refractivity contribution in [3.05, 3.63) is 95.9 Å². The lowest BCUT2D eigenvalue weighted by Crippen LogP contribution is -2.61. The molecule has 9 atom stereocenters. The summed E-state index contributed by atoms with van der Waals surface area (Å²) in [6.45, 7) is 1.95. The summed E-state index contributed by atoms with van der Waals surface area (Å²) in [6.07, 6.45) is 10.3. The molecular weight excluding hydrogens is 714 g/mol. The number of rotatable bonds is 11. The lowest BCUT2D eigenvalue weighted by Gasteiger charge is -2.57. The van der Waals surface area contributed by atoms with Gasteiger partial charge in [0.2, 0.25) is 11.7 Å². The standard InChI is InChI=1S/C44H47N3O9/c1-43-15-12-31(48)19-29(43)9-11-32-35-14-17-56-44(35,21-36(49)38(32)43)37(50)24-55-42(53)34-20-33(34)41(52)54-23-25-4-6-26(7-5-25)39(47(2)3)40(51)46-30-10-8-28-22-45-16-13-27(28)18-30/h4-8,10,12-13,15-16,18-19,22,32-36,38-39,49H,9,11,14,17,20-21,23-24H2,1-3H3,(H,46,51)/t32-,33?,34?,35-,36-,38+,39?,43-,44?/m0/s1. The number of anilines is 1. The molecule has 292 valence electrons. The number of esters is 2. The van der Waals surface area contributed by atoms with Crippen LogP contribution < -0.4 is 5.32 Å². The maximum atomic E-state index is 13.8. The van der Waals surface area contributed by atoms with E-state index in [1.165, 1.54) is 0 Å². The molecule has 8 rings (SSSR count). The van der Waals surface area contributed by atoms with Crippen LogP contribution in [0.1, 0.15) is 56.2 Å². The molecule has 3 saturated carbocycles. The molecule has 3 aromatic rings. The van der Waals surface area contributed by atoms with Gasteiger partial charge in [0.1, 0.15) is 18.2 Å². The van der Waals surface area contributed by atoms with Crippen LogP contribution in [-0.4, -0.2) is 83.4 Å². The van der Waals surface area contributed by atoms with E-state index in [4.69, 9.17) is 14.2 Å². The van der Waals surface area contributed by atoms with E-state index in [9.17, 15) is 29.1 Å². The molecule has 1 aliphatic heterocycles. The van der Waals surface area contributed by atoms with Gasteiger partial charge in [-0.15, -0.1) is 0 Å². The van der Waals surface area contributed by atoms with E-state index in [0.717, 1.165) is 33.9 Å². The third-order valence-corrected chi connectivity index (χ3v) is 12.9. The van der Waals surface area contributed by atoms with E-state index >= 15 is 0 Å². The topological polar surface area (TPSA) is 161 Å². The van der Waals surface area contributed by atoms with Crippen LogP contribution in [0.25, 0.3) is 10.8 Å². The average Bonchev–Trinajstić information content (AvgIpc) is 3.87. The van der Waals surface area contributed by atoms with Gasteiger partial charge in [-0.1, -0.05) is 48.9 Å². The maximum Gasteiger partial charge on any atom is 0.310 e. The van der Waals surface area contributed by atoms with Crippen LogP contribution in [-0.2, 0) is 44.8 Å². The number of ketones is 2. The summed E-state index contributed by atoms with van der Waals surface area (Å²) >= 11 is 0. The van der Waals surface area contributed by atoms with Crippen molar-refractivity contribution in [2.45, 2.75) is 63.4 Å². The van der Waals surface area contributed by atoms with E-state index in [1.54, 1.807) is 36.7 Å². The highest BCUT2D eigenvalue weighted by molar-refractivity contribution is 6.01. The van der Waals surface area contributed by atoms with Crippen molar-refractivity contribution in [1.82, 2.24) is 9.88 Å². The largest absolute Gasteiger partial charge is 0.461 e. The Morgan fingerprint density at radius 2 is 1.79 bits per heavy atom. The molecule has 4 unspecified atom stereocenters. The fourth-order valence-electron chi connectivity index (χ4n) is 10.00. The van der Waals surface area contributed by atoms with E-state index in [-0.39, 0.29) is 54.7 Å². The zero-order valence-corrected chi connectivity index (χ0v) is 31.8. The number of carbonyl (C=O) groups excluding carboxylic acids is 5. The fourth-order valence-corrected chi connectivity index (χ4v) is 10.00. The maximum absolute atomic E-state index is 13.8. The second-order valence-corrected chi connectivity index (χ2v) is 16.4. The van der Waals surface area contributed by atoms with Gasteiger partial charge in [0.25, 0.3) is 0 Å². The Balaban J connectivity index is 0.824. The first-order valence-corrected chi connectivity index (χ1v) is 19.4. The Kier molecular flexibility index (Phi) is 10.0. The van der Waals surface area contributed by atoms with Crippen molar-refractivity contribution < 1.29 is 43.3 Å². The minimum atomic E-state index is -1.24. The lowest BCUT2D eigenvalue weighted by atomic mass is 9.48. The smallest absolute Gasteiger partial charge is 0.310 e. The monoisotopic (exact) mass is 761 g/mol. The first-order valence-electron chi connectivity index (χ1n) is 19.4. The SMILES string of the molecule is CN(C)C(C(=O)Nc1ccc2cnccc2c1)c1ccc(COC(=O)C2CC2C(=O)OCC(=O)C23C[C@H](O)[C@H]4[C@@H](CCC5=CC(=O)C=C[C@@]54C)[C@@H]2CCO3)cc1. The minimum absolute atomic E-state index is 0.00515. The Morgan fingerprint density at radius 1 is 1.02 bits per heavy atom. The minimum Gasteiger partial charge on any atom is -0.461 e. The van der Waals surface area contributed by atoms with Crippen LogP contribution >= 0.6 is 0 Å². The molecular formula is C44H47N3O9. The third kappa shape index (κ3) is 6.88. The number of aromatic nitrogens is 1. The highest BCUT2D eigenvalue weighted by Gasteiger charge is 2.64. The molecule has 1 aromatic heterocycles. The van der Waals surface area contributed by atoms with Crippen LogP contribution in [0.2, 0.25) is 0 Å². The van der Waals surface area contributed by atoms with Gasteiger partial charge in [-0.05, 0) is 92.6 Å². The number of pyridine rings is 1. The number of amides is 1. The molecule has 2 aromatic carbocycles. The van der Waals surface area contributed by atoms with E-state index in [1.807, 2.05) is 61.5 Å². The Morgan fingerprint density at radius 3 is 2.55 bits per heavy atom. The number of ether oxygens (including phenoxy) is 3. The number of nitrogens with one attached hydrogen (secondary N) is 1. The molecule has 0 bridgehead atoms. The van der Waals surface area contributed by atoms with Crippen LogP contribution in [0.3, 0.4) is 0 Å². The van der Waals surface area contributed by atoms with E-state index in [2.05, 4.69) is 17.2 Å². The van der Waals surface area contributed by atoms with Crippen LogP contribution in [0.15, 0.2) is 84.7 Å². The zero-order chi connectivity index (χ0) is 39.4. The highest BCUT2D eigenvalue weighted by atomic mass is 16.6. The number of benzene rings is 2. The normalized spacial score (nSPS) is 30.7. The molecule has 12 heteroatoms. The van der Waals surface area contributed by atoms with Gasteiger partial charge >= 0.3 is 11.9 Å². The fraction of sp³-hybridized carbons (Fsp3) is 0.455. The number of aliphatic hydroxyl groups excluding tert-OH is 1. The molecule has 56 heavy (non-hydrogen) atoms. The Bertz CT molecular complexity index is 2150. The molecule has 4 aliphatic carbocycles. The molecule has 4 fully saturated rings. The van der Waals surface area contributed by atoms with Crippen molar-refractivity contribution in [3.63, 3.8) is 0 Å². The van der Waals surface area contributed by atoms with Crippen LogP contribution in [0.4, 0.5) is 5.69 Å². The van der Waals surface area contributed by atoms with Crippen molar-refractivity contribution in [2.75, 3.05) is 32.6 Å². The molecule has 12 nitrogen and oxygen atoms in total. The molecule has 2 heterocycles. The molecule has 1 saturated heterocycles. The number of hydrogen-bond donors (Lipinski definition) is 2. The summed E-state index contributed by atoms with van der Waals surface area (Å²) in [5.74, 6) is -3.38. The van der Waals surface area contributed by atoms with E-state index in [0.29, 0.717) is 25.1 Å². The summed E-state index contributed by atoms with van der Waals surface area (Å²) in [5, 5.41) is 16.5. The summed E-state index contributed by atoms with van der Waals surface area (Å²) in [4.78, 5) is 71.2. The van der Waals surface area contributed by atoms with Crippen LogP contribution in [0.5, 0.6) is 0 Å². The van der Waals surface area contributed by atoms with Gasteiger partial charge in [-0.2, -0.15) is 0 Å². The predicted octanol–water partition coefficient (Wildman–Crippen LogP) is 4.91. The van der Waals surface area contributed by atoms with Crippen molar-refractivity contribution in [3.8, 4) is 0 Å². The number of likely N-dealkylation sites (N-methyl/N-ethyl adjacent to an activating group) is 1. The quantitative estimate of drug-likeness (QED) is 0.256. The van der Waals surface area contributed by atoms with Crippen molar-refractivity contribution in [2.24, 2.45) is 35.0 Å². The Labute approximate surface area is 325 Å². The van der Waals surface area contributed by atoms with Crippen molar-refractivity contribution >= 4 is 45.9 Å². The van der Waals surface area contributed by atoms with Gasteiger partial charge in [0, 0.05) is 53.7 Å². The summed E-state index contributed by atoms with van der Waals surface area (Å²) < 4.78 is 17.2. The number of aliphatic hydroxyl groups is 1. The zero-order valence-electron chi connectivity index (χ0n) is 31.8. The number of Topliss-reactive ketones (excluding diaryl/α,β-unsaturated/α-hetero) is 1. The summed E-state index contributed by atoms with van der Waals surface area (Å²) in [5.41, 5.74) is 1.49. The second kappa shape index (κ2) is 14.8. The molecule has 0 radical (unpaired) electrons. The first-order chi connectivity index (χ1) is 26.9. The number of fused-ring (bicyclic) bond motifs is 6. The Hall–Kier alpha value is -5.04. The predicted molar refractivity (Wildman–Crippen MR) is 205 cm³/mol. The summed E-state index contributed by atoms with van der Waals surface area (Å²) in [7, 11) is 3.66. The third-order valence-electron chi connectivity index (χ3n) is 12.9. The number of nitrogens with zero attached hydrogens (tertiary/aromatic N) is 2. The number of allylic oxidation sites excluding steroid dienone is 4. The number of hydrogen-bond acceptors (Lipinski definition) is 11. The average molecular weight is 762 g/mol. The van der Waals surface area contributed by atoms with Gasteiger partial charge in [0.15, 0.2) is 12.4 Å². The van der Waals surface area contributed by atoms with Gasteiger partial charge in [-0.25, -0.2) is 0 Å². The van der Waals surface area contributed by atoms with Gasteiger partial charge in [-0.3, -0.25) is 33.9 Å².